The molecule has 2 aromatic carbocycles. The zero-order valence-electron chi connectivity index (χ0n) is 14.0. The third-order valence-corrected chi connectivity index (χ3v) is 4.06. The normalized spacial score (nSPS) is 11.9. The van der Waals surface area contributed by atoms with Gasteiger partial charge in [-0.05, 0) is 29.7 Å². The predicted octanol–water partition coefficient (Wildman–Crippen LogP) is 4.20. The molecule has 3 aromatic rings. The quantitative estimate of drug-likeness (QED) is 0.733. The summed E-state index contributed by atoms with van der Waals surface area (Å²) in [6.07, 6.45) is 4.07. The van der Waals surface area contributed by atoms with Crippen molar-refractivity contribution < 1.29 is 9.18 Å². The maximum atomic E-state index is 13.2. The van der Waals surface area contributed by atoms with Gasteiger partial charge in [-0.3, -0.25) is 9.48 Å². The maximum absolute atomic E-state index is 13.2. The number of nitrogens with zero attached hydrogens (tertiary/aromatic N) is 2. The number of benzene rings is 2. The molecule has 1 aromatic heterocycles. The number of hydrogen-bond acceptors (Lipinski definition) is 2. The molecule has 1 amide bonds. The molecule has 4 nitrogen and oxygen atoms in total. The second-order valence-corrected chi connectivity index (χ2v) is 5.92. The van der Waals surface area contributed by atoms with E-state index in [9.17, 15) is 9.18 Å². The van der Waals surface area contributed by atoms with E-state index in [4.69, 9.17) is 0 Å². The van der Waals surface area contributed by atoms with Gasteiger partial charge in [0.05, 0.1) is 24.3 Å². The average molecular weight is 337 g/mol. The van der Waals surface area contributed by atoms with E-state index in [1.807, 2.05) is 43.3 Å². The van der Waals surface area contributed by atoms with E-state index in [0.717, 1.165) is 11.1 Å². The van der Waals surface area contributed by atoms with Crippen molar-refractivity contribution >= 4 is 11.6 Å². The Morgan fingerprint density at radius 2 is 2.00 bits per heavy atom. The lowest BCUT2D eigenvalue weighted by molar-refractivity contribution is -0.117. The lowest BCUT2D eigenvalue weighted by Crippen LogP contribution is -2.20. The number of carbonyl (C=O) groups excluding carboxylic acids is 1. The zero-order chi connectivity index (χ0) is 17.6. The van der Waals surface area contributed by atoms with Crippen LogP contribution in [0.2, 0.25) is 0 Å². The summed E-state index contributed by atoms with van der Waals surface area (Å²) in [6.45, 7) is 2.44. The van der Waals surface area contributed by atoms with Gasteiger partial charge in [-0.2, -0.15) is 5.10 Å². The molecule has 0 spiro atoms. The first-order valence-corrected chi connectivity index (χ1v) is 8.28. The number of halogens is 1. The molecule has 128 valence electrons. The van der Waals surface area contributed by atoms with E-state index in [2.05, 4.69) is 10.4 Å². The Balaban J connectivity index is 1.67. The summed E-state index contributed by atoms with van der Waals surface area (Å²) in [7, 11) is 0. The van der Waals surface area contributed by atoms with Gasteiger partial charge in [0.1, 0.15) is 5.82 Å². The van der Waals surface area contributed by atoms with Crippen LogP contribution in [0, 0.1) is 5.82 Å². The molecule has 1 N–H and O–H groups in total. The second kappa shape index (κ2) is 7.75. The third-order valence-electron chi connectivity index (χ3n) is 4.06. The molecule has 1 heterocycles. The molecule has 25 heavy (non-hydrogen) atoms. The summed E-state index contributed by atoms with van der Waals surface area (Å²) >= 11 is 0. The highest BCUT2D eigenvalue weighted by molar-refractivity contribution is 5.95. The first-order valence-electron chi connectivity index (χ1n) is 8.28. The SMILES string of the molecule is CCC(C(=O)Nc1cnn(Cc2cccc(F)c2)c1)c1ccccc1. The Bertz CT molecular complexity index is 845. The Hall–Kier alpha value is -2.95. The highest BCUT2D eigenvalue weighted by Crippen LogP contribution is 2.21. The number of rotatable bonds is 6. The van der Waals surface area contributed by atoms with E-state index in [1.54, 1.807) is 23.1 Å². The molecule has 1 unspecified atom stereocenters. The van der Waals surface area contributed by atoms with Gasteiger partial charge >= 0.3 is 0 Å². The van der Waals surface area contributed by atoms with E-state index in [0.29, 0.717) is 18.7 Å². The van der Waals surface area contributed by atoms with Crippen LogP contribution < -0.4 is 5.32 Å². The molecular formula is C20H20FN3O. The Morgan fingerprint density at radius 1 is 1.20 bits per heavy atom. The number of carbonyl (C=O) groups is 1. The van der Waals surface area contributed by atoms with E-state index in [-0.39, 0.29) is 17.6 Å². The first-order chi connectivity index (χ1) is 12.2. The van der Waals surface area contributed by atoms with Crippen molar-refractivity contribution in [1.82, 2.24) is 9.78 Å². The molecule has 0 saturated carbocycles. The van der Waals surface area contributed by atoms with Gasteiger partial charge in [0.2, 0.25) is 5.91 Å². The number of anilines is 1. The standard InChI is InChI=1S/C20H20FN3O/c1-2-19(16-8-4-3-5-9-16)20(25)23-18-12-22-24(14-18)13-15-7-6-10-17(21)11-15/h3-12,14,19H,2,13H2,1H3,(H,23,25). The fraction of sp³-hybridized carbons (Fsp3) is 0.200. The van der Waals surface area contributed by atoms with E-state index < -0.39 is 0 Å². The summed E-state index contributed by atoms with van der Waals surface area (Å²) in [5, 5.41) is 7.14. The Labute approximate surface area is 146 Å². The summed E-state index contributed by atoms with van der Waals surface area (Å²) in [5.74, 6) is -0.529. The molecule has 1 atom stereocenters. The van der Waals surface area contributed by atoms with Crippen LogP contribution in [0.15, 0.2) is 67.0 Å². The van der Waals surface area contributed by atoms with Gasteiger partial charge < -0.3 is 5.32 Å². The van der Waals surface area contributed by atoms with Gasteiger partial charge in [-0.1, -0.05) is 49.4 Å². The van der Waals surface area contributed by atoms with Gasteiger partial charge in [0.15, 0.2) is 0 Å². The lowest BCUT2D eigenvalue weighted by atomic mass is 9.96. The van der Waals surface area contributed by atoms with Crippen molar-refractivity contribution in [2.75, 3.05) is 5.32 Å². The minimum atomic E-state index is -0.271. The van der Waals surface area contributed by atoms with Crippen LogP contribution in [0.1, 0.15) is 30.4 Å². The van der Waals surface area contributed by atoms with Crippen LogP contribution in [0.3, 0.4) is 0 Å². The Morgan fingerprint density at radius 3 is 2.72 bits per heavy atom. The molecule has 0 saturated heterocycles. The van der Waals surface area contributed by atoms with Gasteiger partial charge in [0, 0.05) is 6.20 Å². The molecule has 0 bridgehead atoms. The predicted molar refractivity (Wildman–Crippen MR) is 95.8 cm³/mol. The molecule has 0 fully saturated rings. The Kier molecular flexibility index (Phi) is 5.23. The highest BCUT2D eigenvalue weighted by atomic mass is 19.1. The summed E-state index contributed by atoms with van der Waals surface area (Å²) < 4.78 is 14.9. The zero-order valence-corrected chi connectivity index (χ0v) is 14.0. The molecule has 0 aliphatic rings. The lowest BCUT2D eigenvalue weighted by Gasteiger charge is -2.14. The van der Waals surface area contributed by atoms with Crippen molar-refractivity contribution in [3.05, 3.63) is 83.9 Å². The molecule has 5 heteroatoms. The summed E-state index contributed by atoms with van der Waals surface area (Å²) in [4.78, 5) is 12.6. The number of hydrogen-bond donors (Lipinski definition) is 1. The fourth-order valence-corrected chi connectivity index (χ4v) is 2.82. The van der Waals surface area contributed by atoms with Crippen LogP contribution >= 0.6 is 0 Å². The van der Waals surface area contributed by atoms with Crippen LogP contribution in [0.25, 0.3) is 0 Å². The average Bonchev–Trinajstić information content (AvgIpc) is 3.03. The molecule has 0 aliphatic carbocycles. The van der Waals surface area contributed by atoms with Crippen molar-refractivity contribution in [3.63, 3.8) is 0 Å². The molecule has 3 rings (SSSR count). The summed E-state index contributed by atoms with van der Waals surface area (Å²) in [5.41, 5.74) is 2.45. The van der Waals surface area contributed by atoms with Crippen molar-refractivity contribution in [2.24, 2.45) is 0 Å². The topological polar surface area (TPSA) is 46.9 Å². The fourth-order valence-electron chi connectivity index (χ4n) is 2.82. The van der Waals surface area contributed by atoms with Crippen LogP contribution in [0.5, 0.6) is 0 Å². The summed E-state index contributed by atoms with van der Waals surface area (Å²) in [6, 6.07) is 16.1. The first kappa shape index (κ1) is 16.9. The smallest absolute Gasteiger partial charge is 0.231 e. The molecular weight excluding hydrogens is 317 g/mol. The number of nitrogens with one attached hydrogen (secondary N) is 1. The van der Waals surface area contributed by atoms with Gasteiger partial charge in [-0.25, -0.2) is 4.39 Å². The second-order valence-electron chi connectivity index (χ2n) is 5.92. The van der Waals surface area contributed by atoms with Crippen molar-refractivity contribution in [1.29, 1.82) is 0 Å². The van der Waals surface area contributed by atoms with E-state index in [1.165, 1.54) is 12.1 Å². The van der Waals surface area contributed by atoms with Crippen molar-refractivity contribution in [3.8, 4) is 0 Å². The molecule has 0 aliphatic heterocycles. The monoisotopic (exact) mass is 337 g/mol. The minimum absolute atomic E-state index is 0.0565. The van der Waals surface area contributed by atoms with Gasteiger partial charge in [0.25, 0.3) is 0 Å². The van der Waals surface area contributed by atoms with Crippen LogP contribution in [0.4, 0.5) is 10.1 Å². The number of amides is 1. The van der Waals surface area contributed by atoms with E-state index >= 15 is 0 Å². The largest absolute Gasteiger partial charge is 0.323 e. The minimum Gasteiger partial charge on any atom is -0.323 e. The third kappa shape index (κ3) is 4.32. The van der Waals surface area contributed by atoms with Crippen LogP contribution in [-0.4, -0.2) is 15.7 Å². The number of aromatic nitrogens is 2. The molecule has 0 radical (unpaired) electrons. The highest BCUT2D eigenvalue weighted by Gasteiger charge is 2.18. The maximum Gasteiger partial charge on any atom is 0.231 e. The van der Waals surface area contributed by atoms with Crippen molar-refractivity contribution in [2.45, 2.75) is 25.8 Å². The van der Waals surface area contributed by atoms with Crippen LogP contribution in [-0.2, 0) is 11.3 Å². The van der Waals surface area contributed by atoms with Gasteiger partial charge in [-0.15, -0.1) is 0 Å².